The van der Waals surface area contributed by atoms with Gasteiger partial charge in [-0.05, 0) is 23.1 Å². The average Bonchev–Trinajstić information content (AvgIpc) is 3.36. The van der Waals surface area contributed by atoms with Crippen LogP contribution in [0, 0.1) is 5.92 Å². The number of hydrogen-bond acceptors (Lipinski definition) is 6. The molecule has 28 heavy (non-hydrogen) atoms. The molecule has 0 saturated carbocycles. The number of carbonyl (C=O) groups excluding carboxylic acids is 2. The molecule has 1 atom stereocenters. The summed E-state index contributed by atoms with van der Waals surface area (Å²) in [5.74, 6) is -0.194. The van der Waals surface area contributed by atoms with E-state index in [0.29, 0.717) is 23.2 Å². The number of thiazole rings is 1. The van der Waals surface area contributed by atoms with Gasteiger partial charge in [0.15, 0.2) is 10.7 Å². The highest BCUT2D eigenvalue weighted by Gasteiger charge is 2.36. The first-order chi connectivity index (χ1) is 13.3. The Morgan fingerprint density at radius 3 is 2.93 bits per heavy atom. The molecular formula is C20H22N4O3S. The van der Waals surface area contributed by atoms with Crippen LogP contribution in [0.2, 0.25) is 0 Å². The van der Waals surface area contributed by atoms with Gasteiger partial charge in [-0.3, -0.25) is 14.5 Å². The van der Waals surface area contributed by atoms with E-state index in [1.165, 1.54) is 16.9 Å². The third-order valence-corrected chi connectivity index (χ3v) is 5.65. The maximum Gasteiger partial charge on any atom is 0.229 e. The zero-order valence-corrected chi connectivity index (χ0v) is 16.9. The third-order valence-electron chi connectivity index (χ3n) is 4.86. The lowest BCUT2D eigenvalue weighted by molar-refractivity contribution is -0.126. The first-order valence-corrected chi connectivity index (χ1v) is 10.1. The molecule has 0 spiro atoms. The molecule has 0 bridgehead atoms. The van der Waals surface area contributed by atoms with E-state index in [1.807, 2.05) is 23.6 Å². The van der Waals surface area contributed by atoms with Crippen molar-refractivity contribution in [3.05, 3.63) is 41.2 Å². The molecule has 8 heteroatoms. The SMILES string of the molecule is CC(C)(C)c1ccc2oc(CNC(=O)C3CC(=O)N(c4nccs4)C3)nc2c1. The molecular weight excluding hydrogens is 376 g/mol. The number of hydrogen-bond donors (Lipinski definition) is 1. The smallest absolute Gasteiger partial charge is 0.229 e. The molecule has 1 saturated heterocycles. The molecule has 7 nitrogen and oxygen atoms in total. The van der Waals surface area contributed by atoms with E-state index in [2.05, 4.69) is 36.1 Å². The van der Waals surface area contributed by atoms with Gasteiger partial charge < -0.3 is 9.73 Å². The fourth-order valence-electron chi connectivity index (χ4n) is 3.24. The van der Waals surface area contributed by atoms with E-state index in [-0.39, 0.29) is 30.2 Å². The van der Waals surface area contributed by atoms with E-state index < -0.39 is 5.92 Å². The number of anilines is 1. The van der Waals surface area contributed by atoms with Gasteiger partial charge in [-0.2, -0.15) is 0 Å². The molecule has 4 rings (SSSR count). The summed E-state index contributed by atoms with van der Waals surface area (Å²) in [6, 6.07) is 5.97. The molecule has 1 unspecified atom stereocenters. The summed E-state index contributed by atoms with van der Waals surface area (Å²) < 4.78 is 5.74. The molecule has 1 aliphatic rings. The number of aromatic nitrogens is 2. The first-order valence-electron chi connectivity index (χ1n) is 9.19. The highest BCUT2D eigenvalue weighted by atomic mass is 32.1. The van der Waals surface area contributed by atoms with Crippen LogP contribution in [0.4, 0.5) is 5.13 Å². The Labute approximate surface area is 166 Å². The second-order valence-electron chi connectivity index (χ2n) is 7.98. The van der Waals surface area contributed by atoms with E-state index in [4.69, 9.17) is 4.42 Å². The Hall–Kier alpha value is -2.74. The van der Waals surface area contributed by atoms with Crippen LogP contribution in [0.15, 0.2) is 34.2 Å². The maximum atomic E-state index is 12.5. The van der Waals surface area contributed by atoms with Gasteiger partial charge in [-0.25, -0.2) is 9.97 Å². The van der Waals surface area contributed by atoms with Gasteiger partial charge in [0, 0.05) is 24.5 Å². The highest BCUT2D eigenvalue weighted by Crippen LogP contribution is 2.28. The Bertz CT molecular complexity index is 1020. The molecule has 1 fully saturated rings. The van der Waals surface area contributed by atoms with Crippen molar-refractivity contribution in [3.8, 4) is 0 Å². The Morgan fingerprint density at radius 1 is 1.39 bits per heavy atom. The van der Waals surface area contributed by atoms with Crippen LogP contribution in [0.5, 0.6) is 0 Å². The largest absolute Gasteiger partial charge is 0.439 e. The van der Waals surface area contributed by atoms with Crippen molar-refractivity contribution in [1.82, 2.24) is 15.3 Å². The van der Waals surface area contributed by atoms with Crippen molar-refractivity contribution in [3.63, 3.8) is 0 Å². The second-order valence-corrected chi connectivity index (χ2v) is 8.85. The zero-order valence-electron chi connectivity index (χ0n) is 16.1. The van der Waals surface area contributed by atoms with Crippen LogP contribution < -0.4 is 10.2 Å². The lowest BCUT2D eigenvalue weighted by Gasteiger charge is -2.18. The first kappa shape index (κ1) is 18.6. The Balaban J connectivity index is 1.40. The standard InChI is InChI=1S/C20H22N4O3S/c1-20(2,3)13-4-5-15-14(9-13)23-16(27-15)10-22-18(26)12-8-17(25)24(11-12)19-21-6-7-28-19/h4-7,9,12H,8,10-11H2,1-3H3,(H,22,26). The molecule has 146 valence electrons. The predicted octanol–water partition coefficient (Wildman–Crippen LogP) is 3.25. The lowest BCUT2D eigenvalue weighted by atomic mass is 9.87. The van der Waals surface area contributed by atoms with Crippen molar-refractivity contribution >= 4 is 39.4 Å². The van der Waals surface area contributed by atoms with Gasteiger partial charge in [0.1, 0.15) is 5.52 Å². The van der Waals surface area contributed by atoms with Crippen LogP contribution in [-0.4, -0.2) is 28.3 Å². The number of benzene rings is 1. The number of nitrogens with zero attached hydrogens (tertiary/aromatic N) is 3. The van der Waals surface area contributed by atoms with Gasteiger partial charge in [0.2, 0.25) is 17.7 Å². The maximum absolute atomic E-state index is 12.5. The summed E-state index contributed by atoms with van der Waals surface area (Å²) in [6.45, 7) is 6.98. The molecule has 2 aromatic heterocycles. The molecule has 2 amide bonds. The van der Waals surface area contributed by atoms with Crippen LogP contribution in [0.3, 0.4) is 0 Å². The normalized spacial score (nSPS) is 17.5. The minimum Gasteiger partial charge on any atom is -0.439 e. The van der Waals surface area contributed by atoms with Crippen LogP contribution in [0.25, 0.3) is 11.1 Å². The lowest BCUT2D eigenvalue weighted by Crippen LogP contribution is -2.32. The highest BCUT2D eigenvalue weighted by molar-refractivity contribution is 7.13. The summed E-state index contributed by atoms with van der Waals surface area (Å²) >= 11 is 1.39. The van der Waals surface area contributed by atoms with E-state index >= 15 is 0 Å². The molecule has 0 radical (unpaired) electrons. The summed E-state index contributed by atoms with van der Waals surface area (Å²) in [4.78, 5) is 34.9. The fourth-order valence-corrected chi connectivity index (χ4v) is 3.91. The molecule has 3 heterocycles. The van der Waals surface area contributed by atoms with Crippen LogP contribution in [0.1, 0.15) is 38.6 Å². The van der Waals surface area contributed by atoms with Crippen molar-refractivity contribution in [2.75, 3.05) is 11.4 Å². The number of amides is 2. The van der Waals surface area contributed by atoms with Gasteiger partial charge in [-0.15, -0.1) is 11.3 Å². The van der Waals surface area contributed by atoms with Crippen molar-refractivity contribution in [2.24, 2.45) is 5.92 Å². The monoisotopic (exact) mass is 398 g/mol. The minimum absolute atomic E-state index is 0.0276. The Morgan fingerprint density at radius 2 is 2.21 bits per heavy atom. The third kappa shape index (κ3) is 3.64. The van der Waals surface area contributed by atoms with Crippen LogP contribution >= 0.6 is 11.3 Å². The molecule has 1 aliphatic heterocycles. The summed E-state index contributed by atoms with van der Waals surface area (Å²) in [5.41, 5.74) is 2.68. The topological polar surface area (TPSA) is 88.3 Å². The summed E-state index contributed by atoms with van der Waals surface area (Å²) in [5, 5.41) is 5.29. The number of oxazole rings is 1. The van der Waals surface area contributed by atoms with E-state index in [0.717, 1.165) is 5.52 Å². The zero-order chi connectivity index (χ0) is 19.9. The fraction of sp³-hybridized carbons (Fsp3) is 0.400. The van der Waals surface area contributed by atoms with Crippen molar-refractivity contribution < 1.29 is 14.0 Å². The van der Waals surface area contributed by atoms with E-state index in [9.17, 15) is 9.59 Å². The van der Waals surface area contributed by atoms with Gasteiger partial charge in [0.25, 0.3) is 0 Å². The Kier molecular flexibility index (Phi) is 4.66. The predicted molar refractivity (Wildman–Crippen MR) is 107 cm³/mol. The summed E-state index contributed by atoms with van der Waals surface area (Å²) in [7, 11) is 0. The average molecular weight is 398 g/mol. The second kappa shape index (κ2) is 7.01. The molecule has 1 N–H and O–H groups in total. The molecule has 3 aromatic rings. The summed E-state index contributed by atoms with van der Waals surface area (Å²) in [6.07, 6.45) is 1.84. The van der Waals surface area contributed by atoms with Gasteiger partial charge in [0.05, 0.1) is 12.5 Å². The van der Waals surface area contributed by atoms with E-state index in [1.54, 1.807) is 11.1 Å². The van der Waals surface area contributed by atoms with Gasteiger partial charge in [-0.1, -0.05) is 26.8 Å². The molecule has 0 aliphatic carbocycles. The van der Waals surface area contributed by atoms with Crippen molar-refractivity contribution in [1.29, 1.82) is 0 Å². The van der Waals surface area contributed by atoms with Gasteiger partial charge >= 0.3 is 0 Å². The number of carbonyl (C=O) groups is 2. The van der Waals surface area contributed by atoms with Crippen LogP contribution in [-0.2, 0) is 21.5 Å². The molecule has 1 aromatic carbocycles. The quantitative estimate of drug-likeness (QED) is 0.729. The number of nitrogens with one attached hydrogen (secondary N) is 1. The van der Waals surface area contributed by atoms with Crippen molar-refractivity contribution in [2.45, 2.75) is 39.2 Å². The number of fused-ring (bicyclic) bond motifs is 1. The minimum atomic E-state index is -0.395. The number of rotatable bonds is 4.